The van der Waals surface area contributed by atoms with E-state index in [2.05, 4.69) is 74.5 Å². The molecule has 3 aliphatic rings. The van der Waals surface area contributed by atoms with E-state index < -0.39 is 0 Å². The van der Waals surface area contributed by atoms with Crippen molar-refractivity contribution >= 4 is 29.0 Å². The number of ether oxygens (including phenoxy) is 1. The first kappa shape index (κ1) is 22.2. The molecule has 6 nitrogen and oxygen atoms in total. The van der Waals surface area contributed by atoms with Crippen molar-refractivity contribution in [2.45, 2.75) is 25.7 Å². The predicted molar refractivity (Wildman–Crippen MR) is 138 cm³/mol. The zero-order valence-corrected chi connectivity index (χ0v) is 19.9. The van der Waals surface area contributed by atoms with Crippen LogP contribution in [0.5, 0.6) is 0 Å². The molecule has 1 N–H and O–H groups in total. The van der Waals surface area contributed by atoms with Crippen molar-refractivity contribution in [3.05, 3.63) is 48.2 Å². The van der Waals surface area contributed by atoms with E-state index in [4.69, 9.17) is 4.74 Å². The van der Waals surface area contributed by atoms with Gasteiger partial charge in [-0.2, -0.15) is 0 Å². The summed E-state index contributed by atoms with van der Waals surface area (Å²) in [5.41, 5.74) is 4.81. The van der Waals surface area contributed by atoms with Crippen LogP contribution in [0, 0.1) is 5.92 Å². The molecule has 4 heterocycles. The minimum atomic E-state index is 0.881. The SMILES string of the molecule is CN1CC=Cc2cnc(Nc3ccc(N4CCC(CCCN5CCOCC5)CC4)cc3)cc21. The van der Waals surface area contributed by atoms with Crippen LogP contribution in [0.15, 0.2) is 42.6 Å². The summed E-state index contributed by atoms with van der Waals surface area (Å²) in [5.74, 6) is 1.77. The highest BCUT2D eigenvalue weighted by molar-refractivity contribution is 5.74. The van der Waals surface area contributed by atoms with E-state index in [1.807, 2.05) is 6.20 Å². The Morgan fingerprint density at radius 3 is 2.64 bits per heavy atom. The molecule has 0 radical (unpaired) electrons. The van der Waals surface area contributed by atoms with Gasteiger partial charge in [0.15, 0.2) is 0 Å². The molecule has 0 saturated carbocycles. The van der Waals surface area contributed by atoms with Crippen LogP contribution >= 0.6 is 0 Å². The molecule has 6 heteroatoms. The van der Waals surface area contributed by atoms with Crippen molar-refractivity contribution in [2.75, 3.05) is 74.6 Å². The highest BCUT2D eigenvalue weighted by Crippen LogP contribution is 2.30. The first-order valence-electron chi connectivity index (χ1n) is 12.5. The standard InChI is InChI=1S/C27H37N5O/c1-30-12-3-5-23-21-28-27(20-26(23)30)29-24-6-8-25(9-7-24)32-14-10-22(11-15-32)4-2-13-31-16-18-33-19-17-31/h3,5-9,20-22H,2,4,10-19H2,1H3,(H,28,29). The molecule has 0 unspecified atom stereocenters. The summed E-state index contributed by atoms with van der Waals surface area (Å²) in [7, 11) is 2.12. The third kappa shape index (κ3) is 5.68. The fraction of sp³-hybridized carbons (Fsp3) is 0.519. The Balaban J connectivity index is 1.09. The molecule has 3 aliphatic heterocycles. The molecule has 33 heavy (non-hydrogen) atoms. The third-order valence-electron chi connectivity index (χ3n) is 7.31. The molecule has 2 aromatic rings. The van der Waals surface area contributed by atoms with Gasteiger partial charge < -0.3 is 19.9 Å². The van der Waals surface area contributed by atoms with E-state index in [0.29, 0.717) is 0 Å². The Hall–Kier alpha value is -2.57. The predicted octanol–water partition coefficient (Wildman–Crippen LogP) is 4.62. The Morgan fingerprint density at radius 1 is 1.06 bits per heavy atom. The van der Waals surface area contributed by atoms with E-state index in [-0.39, 0.29) is 0 Å². The van der Waals surface area contributed by atoms with Crippen molar-refractivity contribution < 1.29 is 4.74 Å². The molecular formula is C27H37N5O. The average Bonchev–Trinajstić information content (AvgIpc) is 2.86. The van der Waals surface area contributed by atoms with Gasteiger partial charge in [0.2, 0.25) is 0 Å². The fourth-order valence-corrected chi connectivity index (χ4v) is 5.23. The number of anilines is 4. The lowest BCUT2D eigenvalue weighted by Crippen LogP contribution is -2.37. The number of nitrogens with zero attached hydrogens (tertiary/aromatic N) is 4. The average molecular weight is 448 g/mol. The second-order valence-corrected chi connectivity index (χ2v) is 9.61. The minimum Gasteiger partial charge on any atom is -0.379 e. The largest absolute Gasteiger partial charge is 0.379 e. The van der Waals surface area contributed by atoms with Gasteiger partial charge in [0.05, 0.1) is 13.2 Å². The molecule has 176 valence electrons. The topological polar surface area (TPSA) is 43.9 Å². The first-order valence-corrected chi connectivity index (χ1v) is 12.5. The molecular weight excluding hydrogens is 410 g/mol. The van der Waals surface area contributed by atoms with Crippen molar-refractivity contribution in [2.24, 2.45) is 5.92 Å². The molecule has 0 atom stereocenters. The van der Waals surface area contributed by atoms with Gasteiger partial charge in [0, 0.05) is 74.7 Å². The zero-order chi connectivity index (χ0) is 22.5. The molecule has 0 spiro atoms. The lowest BCUT2D eigenvalue weighted by atomic mass is 9.92. The van der Waals surface area contributed by atoms with Gasteiger partial charge in [-0.3, -0.25) is 4.90 Å². The van der Waals surface area contributed by atoms with Crippen LogP contribution < -0.4 is 15.1 Å². The number of rotatable bonds is 7. The van der Waals surface area contributed by atoms with Gasteiger partial charge in [-0.25, -0.2) is 4.98 Å². The van der Waals surface area contributed by atoms with E-state index in [1.54, 1.807) is 0 Å². The summed E-state index contributed by atoms with van der Waals surface area (Å²) in [4.78, 5) is 11.9. The number of pyridine rings is 1. The highest BCUT2D eigenvalue weighted by atomic mass is 16.5. The quantitative estimate of drug-likeness (QED) is 0.668. The number of hydrogen-bond acceptors (Lipinski definition) is 6. The smallest absolute Gasteiger partial charge is 0.132 e. The van der Waals surface area contributed by atoms with Crippen LogP contribution in [0.1, 0.15) is 31.2 Å². The second kappa shape index (κ2) is 10.6. The van der Waals surface area contributed by atoms with E-state index in [9.17, 15) is 0 Å². The van der Waals surface area contributed by atoms with E-state index in [1.165, 1.54) is 62.3 Å². The van der Waals surface area contributed by atoms with Crippen molar-refractivity contribution in [1.29, 1.82) is 0 Å². The Bertz CT molecular complexity index is 930. The minimum absolute atomic E-state index is 0.881. The van der Waals surface area contributed by atoms with Crippen LogP contribution in [0.3, 0.4) is 0 Å². The maximum Gasteiger partial charge on any atom is 0.132 e. The summed E-state index contributed by atoms with van der Waals surface area (Å²) < 4.78 is 5.45. The van der Waals surface area contributed by atoms with Gasteiger partial charge in [0.1, 0.15) is 5.82 Å². The number of piperidine rings is 1. The Labute approximate surface area is 198 Å². The molecule has 0 aliphatic carbocycles. The summed E-state index contributed by atoms with van der Waals surface area (Å²) >= 11 is 0. The van der Waals surface area contributed by atoms with E-state index >= 15 is 0 Å². The molecule has 1 aromatic carbocycles. The number of nitrogens with one attached hydrogen (secondary N) is 1. The molecule has 0 amide bonds. The van der Waals surface area contributed by atoms with Crippen LogP contribution in [-0.2, 0) is 4.74 Å². The maximum absolute atomic E-state index is 5.45. The number of hydrogen-bond donors (Lipinski definition) is 1. The van der Waals surface area contributed by atoms with Crippen LogP contribution in [0.2, 0.25) is 0 Å². The highest BCUT2D eigenvalue weighted by Gasteiger charge is 2.20. The monoisotopic (exact) mass is 447 g/mol. The van der Waals surface area contributed by atoms with Gasteiger partial charge in [-0.15, -0.1) is 0 Å². The number of benzene rings is 1. The summed E-state index contributed by atoms with van der Waals surface area (Å²) in [5, 5.41) is 3.47. The maximum atomic E-state index is 5.45. The summed E-state index contributed by atoms with van der Waals surface area (Å²) in [6, 6.07) is 11.0. The molecule has 0 bridgehead atoms. The molecule has 5 rings (SSSR count). The van der Waals surface area contributed by atoms with Crippen LogP contribution in [0.4, 0.5) is 22.9 Å². The van der Waals surface area contributed by atoms with E-state index in [0.717, 1.165) is 50.3 Å². The van der Waals surface area contributed by atoms with Gasteiger partial charge in [-0.1, -0.05) is 12.2 Å². The number of morpholine rings is 1. The molecule has 1 aromatic heterocycles. The van der Waals surface area contributed by atoms with Gasteiger partial charge in [0.25, 0.3) is 0 Å². The van der Waals surface area contributed by atoms with Crippen molar-refractivity contribution in [1.82, 2.24) is 9.88 Å². The van der Waals surface area contributed by atoms with Gasteiger partial charge in [-0.05, 0) is 62.4 Å². The fourth-order valence-electron chi connectivity index (χ4n) is 5.23. The lowest BCUT2D eigenvalue weighted by Gasteiger charge is -2.34. The normalized spacial score (nSPS) is 19.5. The zero-order valence-electron chi connectivity index (χ0n) is 19.9. The van der Waals surface area contributed by atoms with Gasteiger partial charge >= 0.3 is 0 Å². The lowest BCUT2D eigenvalue weighted by molar-refractivity contribution is 0.0365. The van der Waals surface area contributed by atoms with Crippen LogP contribution in [-0.4, -0.2) is 69.4 Å². The second-order valence-electron chi connectivity index (χ2n) is 9.61. The Morgan fingerprint density at radius 2 is 1.85 bits per heavy atom. The Kier molecular flexibility index (Phi) is 7.12. The summed E-state index contributed by atoms with van der Waals surface area (Å²) in [6.07, 6.45) is 11.6. The van der Waals surface area contributed by atoms with Crippen molar-refractivity contribution in [3.8, 4) is 0 Å². The molecule has 2 saturated heterocycles. The van der Waals surface area contributed by atoms with Crippen molar-refractivity contribution in [3.63, 3.8) is 0 Å². The molecule has 2 fully saturated rings. The number of aromatic nitrogens is 1. The summed E-state index contributed by atoms with van der Waals surface area (Å²) in [6.45, 7) is 8.56. The third-order valence-corrected chi connectivity index (χ3v) is 7.31. The number of likely N-dealkylation sites (N-methyl/N-ethyl adjacent to an activating group) is 1. The van der Waals surface area contributed by atoms with Crippen LogP contribution in [0.25, 0.3) is 6.08 Å². The first-order chi connectivity index (χ1) is 16.2. The number of fused-ring (bicyclic) bond motifs is 1.